The van der Waals surface area contributed by atoms with Crippen molar-refractivity contribution in [3.05, 3.63) is 5.82 Å². The van der Waals surface area contributed by atoms with E-state index in [1.54, 1.807) is 0 Å². The first-order valence-electron chi connectivity index (χ1n) is 5.37. The smallest absolute Gasteiger partial charge is 0.202 e. The van der Waals surface area contributed by atoms with Crippen LogP contribution >= 0.6 is 11.5 Å². The lowest BCUT2D eigenvalue weighted by atomic mass is 9.96. The molecule has 1 aromatic rings. The third kappa shape index (κ3) is 2.66. The van der Waals surface area contributed by atoms with Crippen LogP contribution in [0.5, 0.6) is 0 Å². The van der Waals surface area contributed by atoms with E-state index in [0.717, 1.165) is 24.0 Å². The van der Waals surface area contributed by atoms with Crippen molar-refractivity contribution < 1.29 is 0 Å². The zero-order valence-corrected chi connectivity index (χ0v) is 10.3. The Labute approximate surface area is 94.7 Å². The standard InChI is InChI=1S/C10H18N4S/c1-10(2,3)8-13-9(15-14-8)12-7-4-5-11-6-7/h7,11H,4-6H2,1-3H3,(H,12,13,14). The average Bonchev–Trinajstić information content (AvgIpc) is 2.73. The van der Waals surface area contributed by atoms with Crippen LogP contribution in [0, 0.1) is 0 Å². The highest BCUT2D eigenvalue weighted by atomic mass is 32.1. The van der Waals surface area contributed by atoms with E-state index in [9.17, 15) is 0 Å². The predicted molar refractivity (Wildman–Crippen MR) is 63.5 cm³/mol. The van der Waals surface area contributed by atoms with Crippen molar-refractivity contribution in [2.24, 2.45) is 0 Å². The lowest BCUT2D eigenvalue weighted by Crippen LogP contribution is -2.22. The molecule has 0 amide bonds. The molecule has 1 unspecified atom stereocenters. The maximum Gasteiger partial charge on any atom is 0.202 e. The Morgan fingerprint density at radius 1 is 1.47 bits per heavy atom. The molecule has 0 spiro atoms. The minimum Gasteiger partial charge on any atom is -0.356 e. The second-order valence-corrected chi connectivity index (χ2v) is 5.76. The SMILES string of the molecule is CC(C)(C)c1nsc(NC2CCNC2)n1. The van der Waals surface area contributed by atoms with Gasteiger partial charge in [-0.2, -0.15) is 4.37 Å². The molecule has 1 aliphatic heterocycles. The molecule has 0 aromatic carbocycles. The summed E-state index contributed by atoms with van der Waals surface area (Å²) in [7, 11) is 0. The molecule has 0 bridgehead atoms. The summed E-state index contributed by atoms with van der Waals surface area (Å²) >= 11 is 1.46. The summed E-state index contributed by atoms with van der Waals surface area (Å²) in [6.45, 7) is 8.54. The number of rotatable bonds is 2. The summed E-state index contributed by atoms with van der Waals surface area (Å²) in [6.07, 6.45) is 1.17. The van der Waals surface area contributed by atoms with Crippen molar-refractivity contribution in [3.8, 4) is 0 Å². The Bertz CT molecular complexity index is 322. The highest BCUT2D eigenvalue weighted by molar-refractivity contribution is 7.09. The van der Waals surface area contributed by atoms with Crippen LogP contribution < -0.4 is 10.6 Å². The quantitative estimate of drug-likeness (QED) is 0.804. The molecule has 1 fully saturated rings. The first-order chi connectivity index (χ1) is 7.05. The highest BCUT2D eigenvalue weighted by Crippen LogP contribution is 2.23. The van der Waals surface area contributed by atoms with Crippen LogP contribution in [0.2, 0.25) is 0 Å². The van der Waals surface area contributed by atoms with Gasteiger partial charge in [-0.1, -0.05) is 20.8 Å². The summed E-state index contributed by atoms with van der Waals surface area (Å²) in [4.78, 5) is 4.51. The van der Waals surface area contributed by atoms with Crippen LogP contribution in [-0.2, 0) is 5.41 Å². The third-order valence-electron chi connectivity index (χ3n) is 2.48. The van der Waals surface area contributed by atoms with E-state index in [4.69, 9.17) is 0 Å². The third-order valence-corrected chi connectivity index (χ3v) is 3.13. The van der Waals surface area contributed by atoms with Crippen LogP contribution in [0.15, 0.2) is 0 Å². The molecule has 5 heteroatoms. The fourth-order valence-electron chi connectivity index (χ4n) is 1.54. The fraction of sp³-hybridized carbons (Fsp3) is 0.800. The van der Waals surface area contributed by atoms with E-state index in [1.807, 2.05) is 0 Å². The second kappa shape index (κ2) is 4.06. The summed E-state index contributed by atoms with van der Waals surface area (Å²) in [5.74, 6) is 0.931. The zero-order valence-electron chi connectivity index (χ0n) is 9.50. The molecule has 4 nitrogen and oxygen atoms in total. The van der Waals surface area contributed by atoms with Gasteiger partial charge in [0.1, 0.15) is 5.82 Å². The fourth-order valence-corrected chi connectivity index (χ4v) is 2.37. The Kier molecular flexibility index (Phi) is 2.93. The summed E-state index contributed by atoms with van der Waals surface area (Å²) in [5, 5.41) is 7.69. The summed E-state index contributed by atoms with van der Waals surface area (Å²) < 4.78 is 4.38. The Morgan fingerprint density at radius 3 is 2.80 bits per heavy atom. The molecule has 0 aliphatic carbocycles. The molecule has 2 N–H and O–H groups in total. The summed E-state index contributed by atoms with van der Waals surface area (Å²) in [5.41, 5.74) is 0.0460. The molecular weight excluding hydrogens is 208 g/mol. The number of anilines is 1. The van der Waals surface area contributed by atoms with Crippen molar-refractivity contribution in [3.63, 3.8) is 0 Å². The van der Waals surface area contributed by atoms with Gasteiger partial charge in [0.15, 0.2) is 0 Å². The van der Waals surface area contributed by atoms with Crippen LogP contribution in [0.1, 0.15) is 33.0 Å². The molecule has 2 heterocycles. The monoisotopic (exact) mass is 226 g/mol. The van der Waals surface area contributed by atoms with E-state index < -0.39 is 0 Å². The molecule has 1 atom stereocenters. The summed E-state index contributed by atoms with van der Waals surface area (Å²) in [6, 6.07) is 0.519. The van der Waals surface area contributed by atoms with Crippen molar-refractivity contribution >= 4 is 16.7 Å². The first kappa shape index (κ1) is 10.8. The number of hydrogen-bond acceptors (Lipinski definition) is 5. The minimum absolute atomic E-state index is 0.0460. The Balaban J connectivity index is 2.00. The van der Waals surface area contributed by atoms with Crippen LogP contribution in [0.3, 0.4) is 0 Å². The van der Waals surface area contributed by atoms with Crippen molar-refractivity contribution in [1.82, 2.24) is 14.7 Å². The van der Waals surface area contributed by atoms with Crippen LogP contribution in [0.25, 0.3) is 0 Å². The van der Waals surface area contributed by atoms with E-state index in [-0.39, 0.29) is 5.41 Å². The van der Waals surface area contributed by atoms with Gasteiger partial charge < -0.3 is 10.6 Å². The molecule has 1 saturated heterocycles. The zero-order chi connectivity index (χ0) is 10.9. The van der Waals surface area contributed by atoms with Crippen molar-refractivity contribution in [1.29, 1.82) is 0 Å². The van der Waals surface area contributed by atoms with E-state index in [2.05, 4.69) is 40.8 Å². The Hall–Kier alpha value is -0.680. The lowest BCUT2D eigenvalue weighted by Gasteiger charge is -2.12. The van der Waals surface area contributed by atoms with Gasteiger partial charge in [0, 0.05) is 29.5 Å². The lowest BCUT2D eigenvalue weighted by molar-refractivity contribution is 0.555. The van der Waals surface area contributed by atoms with Crippen molar-refractivity contribution in [2.75, 3.05) is 18.4 Å². The molecule has 15 heavy (non-hydrogen) atoms. The number of aromatic nitrogens is 2. The molecule has 2 rings (SSSR count). The van der Waals surface area contributed by atoms with E-state index in [1.165, 1.54) is 18.0 Å². The van der Waals surface area contributed by atoms with Gasteiger partial charge in [-0.15, -0.1) is 0 Å². The molecule has 1 aromatic heterocycles. The second-order valence-electron chi connectivity index (χ2n) is 5.01. The number of nitrogens with one attached hydrogen (secondary N) is 2. The van der Waals surface area contributed by atoms with Crippen LogP contribution in [0.4, 0.5) is 5.13 Å². The average molecular weight is 226 g/mol. The maximum absolute atomic E-state index is 4.51. The van der Waals surface area contributed by atoms with Gasteiger partial charge in [0.2, 0.25) is 5.13 Å². The largest absolute Gasteiger partial charge is 0.356 e. The molecule has 0 radical (unpaired) electrons. The predicted octanol–water partition coefficient (Wildman–Crippen LogP) is 1.61. The highest BCUT2D eigenvalue weighted by Gasteiger charge is 2.21. The Morgan fingerprint density at radius 2 is 2.27 bits per heavy atom. The van der Waals surface area contributed by atoms with Gasteiger partial charge in [0.25, 0.3) is 0 Å². The minimum atomic E-state index is 0.0460. The maximum atomic E-state index is 4.51. The van der Waals surface area contributed by atoms with Gasteiger partial charge >= 0.3 is 0 Å². The van der Waals surface area contributed by atoms with Gasteiger partial charge in [0.05, 0.1) is 0 Å². The topological polar surface area (TPSA) is 49.8 Å². The van der Waals surface area contributed by atoms with E-state index >= 15 is 0 Å². The number of nitrogens with zero attached hydrogens (tertiary/aromatic N) is 2. The van der Waals surface area contributed by atoms with E-state index in [0.29, 0.717) is 6.04 Å². The molecule has 0 saturated carbocycles. The molecular formula is C10H18N4S. The van der Waals surface area contributed by atoms with Crippen molar-refractivity contribution in [2.45, 2.75) is 38.6 Å². The number of hydrogen-bond donors (Lipinski definition) is 2. The first-order valence-corrected chi connectivity index (χ1v) is 6.14. The van der Waals surface area contributed by atoms with Gasteiger partial charge in [-0.25, -0.2) is 4.98 Å². The van der Waals surface area contributed by atoms with Gasteiger partial charge in [-0.05, 0) is 13.0 Å². The molecule has 1 aliphatic rings. The molecule has 84 valence electrons. The normalized spacial score (nSPS) is 21.9. The van der Waals surface area contributed by atoms with Gasteiger partial charge in [-0.3, -0.25) is 0 Å². The van der Waals surface area contributed by atoms with Crippen LogP contribution in [-0.4, -0.2) is 28.5 Å².